The van der Waals surface area contributed by atoms with Crippen LogP contribution < -0.4 is 5.32 Å². The first-order valence-electron chi connectivity index (χ1n) is 10.5. The Hall–Kier alpha value is -3.78. The molecule has 7 nitrogen and oxygen atoms in total. The maximum absolute atomic E-state index is 12.8. The number of rotatable bonds is 7. The Kier molecular flexibility index (Phi) is 6.65. The number of ether oxygens (including phenoxy) is 2. The van der Waals surface area contributed by atoms with Crippen LogP contribution in [0.2, 0.25) is 0 Å². The van der Waals surface area contributed by atoms with Crippen molar-refractivity contribution in [3.63, 3.8) is 0 Å². The number of aryl methyl sites for hydroxylation is 1. The van der Waals surface area contributed by atoms with Gasteiger partial charge in [-0.25, -0.2) is 19.6 Å². The molecule has 4 rings (SSSR count). The molecule has 0 radical (unpaired) electrons. The summed E-state index contributed by atoms with van der Waals surface area (Å²) in [6.07, 6.45) is 1.24. The van der Waals surface area contributed by atoms with Crippen LogP contribution in [-0.4, -0.2) is 28.0 Å². The van der Waals surface area contributed by atoms with Crippen LogP contribution in [0.4, 0.5) is 11.5 Å². The molecule has 0 bridgehead atoms. The average molecular weight is 462 g/mol. The molecule has 168 valence electrons. The number of fused-ring (bicyclic) bond motifs is 1. The zero-order valence-corrected chi connectivity index (χ0v) is 19.3. The zero-order valence-electron chi connectivity index (χ0n) is 18.5. The first kappa shape index (κ1) is 22.4. The summed E-state index contributed by atoms with van der Waals surface area (Å²) in [6, 6.07) is 16.5. The molecular formula is C25H23N3O4S. The Labute approximate surface area is 195 Å². The minimum atomic E-state index is -0.399. The highest BCUT2D eigenvalue weighted by Crippen LogP contribution is 2.35. The van der Waals surface area contributed by atoms with Gasteiger partial charge in [0.15, 0.2) is 0 Å². The molecule has 0 unspecified atom stereocenters. The van der Waals surface area contributed by atoms with E-state index in [-0.39, 0.29) is 12.7 Å². The number of benzene rings is 2. The average Bonchev–Trinajstić information content (AvgIpc) is 3.15. The van der Waals surface area contributed by atoms with Crippen molar-refractivity contribution in [1.29, 1.82) is 0 Å². The van der Waals surface area contributed by atoms with Crippen molar-refractivity contribution < 1.29 is 19.1 Å². The molecule has 33 heavy (non-hydrogen) atoms. The second kappa shape index (κ2) is 9.79. The standard InChI is InChI=1S/C25H23N3O4S/c1-15(2)32-24(29)18-10-7-11-19(12-18)28-22-20-16(3)21(33-23(20)27-14-26-22)25(30)31-13-17-8-5-4-6-9-17/h4-12,14-15H,13H2,1-3H3,(H,26,27,28). The number of anilines is 2. The molecule has 0 aliphatic rings. The van der Waals surface area contributed by atoms with E-state index in [0.29, 0.717) is 26.8 Å². The van der Waals surface area contributed by atoms with Crippen LogP contribution in [-0.2, 0) is 16.1 Å². The number of hydrogen-bond donors (Lipinski definition) is 1. The maximum atomic E-state index is 12.8. The lowest BCUT2D eigenvalue weighted by Crippen LogP contribution is -2.11. The van der Waals surface area contributed by atoms with Crippen molar-refractivity contribution in [2.45, 2.75) is 33.5 Å². The topological polar surface area (TPSA) is 90.4 Å². The van der Waals surface area contributed by atoms with Crippen LogP contribution in [0, 0.1) is 6.92 Å². The highest BCUT2D eigenvalue weighted by atomic mass is 32.1. The van der Waals surface area contributed by atoms with E-state index in [4.69, 9.17) is 9.47 Å². The van der Waals surface area contributed by atoms with E-state index in [1.54, 1.807) is 32.0 Å². The van der Waals surface area contributed by atoms with Crippen molar-refractivity contribution in [1.82, 2.24) is 9.97 Å². The molecule has 2 aromatic carbocycles. The summed E-state index contributed by atoms with van der Waals surface area (Å²) in [6.45, 7) is 5.66. The van der Waals surface area contributed by atoms with E-state index in [1.165, 1.54) is 17.7 Å². The van der Waals surface area contributed by atoms with Crippen LogP contribution in [0.5, 0.6) is 0 Å². The Morgan fingerprint density at radius 1 is 1.03 bits per heavy atom. The first-order valence-corrected chi connectivity index (χ1v) is 11.3. The monoisotopic (exact) mass is 461 g/mol. The van der Waals surface area contributed by atoms with Gasteiger partial charge in [0, 0.05) is 5.69 Å². The molecule has 0 saturated heterocycles. The summed E-state index contributed by atoms with van der Waals surface area (Å²) >= 11 is 1.27. The number of aromatic nitrogens is 2. The highest BCUT2D eigenvalue weighted by Gasteiger charge is 2.21. The van der Waals surface area contributed by atoms with Crippen molar-refractivity contribution in [3.8, 4) is 0 Å². The summed E-state index contributed by atoms with van der Waals surface area (Å²) in [4.78, 5) is 34.9. The molecule has 0 aliphatic carbocycles. The maximum Gasteiger partial charge on any atom is 0.349 e. The summed E-state index contributed by atoms with van der Waals surface area (Å²) in [5, 5.41) is 3.98. The first-order chi connectivity index (χ1) is 15.9. The Morgan fingerprint density at radius 3 is 2.58 bits per heavy atom. The molecule has 0 atom stereocenters. The normalized spacial score (nSPS) is 10.9. The smallest absolute Gasteiger partial charge is 0.349 e. The molecule has 0 aliphatic heterocycles. The molecule has 2 aromatic heterocycles. The van der Waals surface area contributed by atoms with E-state index < -0.39 is 11.9 Å². The fourth-order valence-electron chi connectivity index (χ4n) is 3.29. The van der Waals surface area contributed by atoms with Crippen molar-refractivity contribution in [3.05, 3.63) is 82.5 Å². The van der Waals surface area contributed by atoms with Crippen LogP contribution in [0.1, 0.15) is 45.0 Å². The number of nitrogens with zero attached hydrogens (tertiary/aromatic N) is 2. The molecular weight excluding hydrogens is 438 g/mol. The van der Waals surface area contributed by atoms with Gasteiger partial charge in [-0.2, -0.15) is 0 Å². The van der Waals surface area contributed by atoms with Crippen molar-refractivity contribution in [2.24, 2.45) is 0 Å². The van der Waals surface area contributed by atoms with Gasteiger partial charge in [0.2, 0.25) is 0 Å². The van der Waals surface area contributed by atoms with Gasteiger partial charge >= 0.3 is 11.9 Å². The Morgan fingerprint density at radius 2 is 1.82 bits per heavy atom. The number of esters is 2. The lowest BCUT2D eigenvalue weighted by molar-refractivity contribution is 0.0377. The minimum absolute atomic E-state index is 0.198. The number of carbonyl (C=O) groups excluding carboxylic acids is 2. The van der Waals surface area contributed by atoms with Gasteiger partial charge in [-0.1, -0.05) is 36.4 Å². The SMILES string of the molecule is Cc1c(C(=O)OCc2ccccc2)sc2ncnc(Nc3cccc(C(=O)OC(C)C)c3)c12. The zero-order chi connectivity index (χ0) is 23.4. The second-order valence-corrected chi connectivity index (χ2v) is 8.68. The van der Waals surface area contributed by atoms with Gasteiger partial charge in [-0.3, -0.25) is 0 Å². The quantitative estimate of drug-likeness (QED) is 0.355. The Bertz CT molecular complexity index is 1300. The minimum Gasteiger partial charge on any atom is -0.459 e. The van der Waals surface area contributed by atoms with Gasteiger partial charge in [0.25, 0.3) is 0 Å². The third-order valence-corrected chi connectivity index (χ3v) is 6.01. The van der Waals surface area contributed by atoms with Crippen molar-refractivity contribution in [2.75, 3.05) is 5.32 Å². The summed E-state index contributed by atoms with van der Waals surface area (Å²) in [5.41, 5.74) is 2.77. The molecule has 0 spiro atoms. The number of nitrogens with one attached hydrogen (secondary N) is 1. The van der Waals surface area contributed by atoms with Crippen molar-refractivity contribution >= 4 is 45.0 Å². The van der Waals surface area contributed by atoms with Crippen LogP contribution in [0.15, 0.2) is 60.9 Å². The third-order valence-electron chi connectivity index (χ3n) is 4.83. The number of thiophene rings is 1. The highest BCUT2D eigenvalue weighted by molar-refractivity contribution is 7.20. The molecule has 0 amide bonds. The molecule has 1 N–H and O–H groups in total. The molecule has 8 heteroatoms. The summed E-state index contributed by atoms with van der Waals surface area (Å²) in [5.74, 6) is -0.245. The lowest BCUT2D eigenvalue weighted by Gasteiger charge is -2.11. The Balaban J connectivity index is 1.58. The van der Waals surface area contributed by atoms with Gasteiger partial charge in [-0.05, 0) is 50.1 Å². The van der Waals surface area contributed by atoms with Gasteiger partial charge in [0.05, 0.1) is 17.1 Å². The van der Waals surface area contributed by atoms with Crippen LogP contribution in [0.25, 0.3) is 10.2 Å². The predicted octanol–water partition coefficient (Wildman–Crippen LogP) is 5.67. The van der Waals surface area contributed by atoms with Crippen LogP contribution >= 0.6 is 11.3 Å². The summed E-state index contributed by atoms with van der Waals surface area (Å²) < 4.78 is 10.8. The number of carbonyl (C=O) groups is 2. The van der Waals surface area contributed by atoms with E-state index in [2.05, 4.69) is 15.3 Å². The van der Waals surface area contributed by atoms with Gasteiger partial charge in [-0.15, -0.1) is 11.3 Å². The van der Waals surface area contributed by atoms with E-state index in [1.807, 2.05) is 43.3 Å². The fraction of sp³-hybridized carbons (Fsp3) is 0.200. The summed E-state index contributed by atoms with van der Waals surface area (Å²) in [7, 11) is 0. The lowest BCUT2D eigenvalue weighted by atomic mass is 10.1. The molecule has 0 saturated carbocycles. The van der Waals surface area contributed by atoms with E-state index >= 15 is 0 Å². The van der Waals surface area contributed by atoms with E-state index in [9.17, 15) is 9.59 Å². The molecule has 0 fully saturated rings. The van der Waals surface area contributed by atoms with Crippen LogP contribution in [0.3, 0.4) is 0 Å². The van der Waals surface area contributed by atoms with Gasteiger partial charge < -0.3 is 14.8 Å². The molecule has 2 heterocycles. The largest absolute Gasteiger partial charge is 0.459 e. The van der Waals surface area contributed by atoms with Gasteiger partial charge in [0.1, 0.15) is 28.5 Å². The third kappa shape index (κ3) is 5.18. The fourth-order valence-corrected chi connectivity index (χ4v) is 4.33. The van der Waals surface area contributed by atoms with E-state index in [0.717, 1.165) is 16.5 Å². The second-order valence-electron chi connectivity index (χ2n) is 7.68. The predicted molar refractivity (Wildman–Crippen MR) is 128 cm³/mol. The molecule has 4 aromatic rings. The number of hydrogen-bond acceptors (Lipinski definition) is 8.